The average Bonchev–Trinajstić information content (AvgIpc) is 2.88. The molecule has 135 valence electrons. The van der Waals surface area contributed by atoms with Gasteiger partial charge in [-0.3, -0.25) is 4.79 Å². The van der Waals surface area contributed by atoms with Crippen LogP contribution >= 0.6 is 0 Å². The predicted octanol–water partition coefficient (Wildman–Crippen LogP) is 3.98. The molecule has 5 heteroatoms. The van der Waals surface area contributed by atoms with Gasteiger partial charge in [-0.25, -0.2) is 4.98 Å². The van der Waals surface area contributed by atoms with Crippen molar-refractivity contribution in [3.05, 3.63) is 64.8 Å². The second-order valence-corrected chi connectivity index (χ2v) is 6.93. The lowest BCUT2D eigenvalue weighted by Crippen LogP contribution is -2.23. The lowest BCUT2D eigenvalue weighted by atomic mass is 10.0. The number of carbonyl (C=O) groups is 1. The summed E-state index contributed by atoms with van der Waals surface area (Å²) in [6, 6.07) is 8.10. The number of nitrogens with one attached hydrogen (secondary N) is 2. The van der Waals surface area contributed by atoms with Crippen molar-refractivity contribution in [1.29, 1.82) is 0 Å². The molecule has 0 aliphatic heterocycles. The summed E-state index contributed by atoms with van der Waals surface area (Å²) in [4.78, 5) is 21.9. The maximum Gasteiger partial charge on any atom is 0.272 e. The van der Waals surface area contributed by atoms with E-state index in [-0.39, 0.29) is 5.91 Å². The molecule has 0 atom stereocenters. The Bertz CT molecular complexity index is 965. The topological polar surface area (TPSA) is 61.0 Å². The van der Waals surface area contributed by atoms with Gasteiger partial charge in [0, 0.05) is 26.3 Å². The molecule has 0 saturated carbocycles. The molecule has 0 spiro atoms. The summed E-state index contributed by atoms with van der Waals surface area (Å²) in [6.07, 6.45) is 0. The number of rotatable bonds is 4. The maximum atomic E-state index is 12.4. The van der Waals surface area contributed by atoms with Crippen LogP contribution in [-0.4, -0.2) is 34.9 Å². The van der Waals surface area contributed by atoms with Gasteiger partial charge in [-0.1, -0.05) is 18.2 Å². The predicted molar refractivity (Wildman–Crippen MR) is 107 cm³/mol. The van der Waals surface area contributed by atoms with E-state index >= 15 is 0 Å². The highest BCUT2D eigenvalue weighted by Gasteiger charge is 2.17. The molecule has 2 N–H and O–H groups in total. The third-order valence-corrected chi connectivity index (χ3v) is 4.80. The number of pyridine rings is 1. The van der Waals surface area contributed by atoms with E-state index < -0.39 is 0 Å². The molecule has 3 rings (SSSR count). The van der Waals surface area contributed by atoms with Crippen molar-refractivity contribution in [2.24, 2.45) is 0 Å². The summed E-state index contributed by atoms with van der Waals surface area (Å²) in [7, 11) is 3.46. The van der Waals surface area contributed by atoms with E-state index in [1.165, 1.54) is 21.6 Å². The van der Waals surface area contributed by atoms with Crippen molar-refractivity contribution < 1.29 is 4.79 Å². The molecule has 2 heterocycles. The fourth-order valence-corrected chi connectivity index (χ4v) is 3.12. The number of hydrogen-bond acceptors (Lipinski definition) is 3. The van der Waals surface area contributed by atoms with E-state index in [2.05, 4.69) is 54.3 Å². The second-order valence-electron chi connectivity index (χ2n) is 6.93. The van der Waals surface area contributed by atoms with Gasteiger partial charge in [0.15, 0.2) is 0 Å². The number of aromatic nitrogens is 2. The highest BCUT2D eigenvalue weighted by atomic mass is 16.2. The molecule has 0 saturated heterocycles. The largest absolute Gasteiger partial charge is 0.379 e. The standard InChI is InChI=1S/C21H25N4O/c1-12-8-7-9-13(2)16(12)11-22-17-10-18(21(26)25(5)6)24-19-14(3)15(4)23-20(17)19/h7-10,23H,3,11H2,1-2,4-6H3,(H,22,24). The zero-order valence-corrected chi connectivity index (χ0v) is 16.0. The fraction of sp³-hybridized carbons (Fsp3) is 0.286. The summed E-state index contributed by atoms with van der Waals surface area (Å²) in [6.45, 7) is 11.0. The van der Waals surface area contributed by atoms with Gasteiger partial charge < -0.3 is 15.2 Å². The van der Waals surface area contributed by atoms with Gasteiger partial charge in [0.1, 0.15) is 5.69 Å². The number of anilines is 1. The molecule has 0 unspecified atom stereocenters. The van der Waals surface area contributed by atoms with Crippen LogP contribution in [0.4, 0.5) is 5.69 Å². The third kappa shape index (κ3) is 3.17. The Morgan fingerprint density at radius 1 is 1.23 bits per heavy atom. The number of aryl methyl sites for hydroxylation is 3. The number of carbonyl (C=O) groups excluding carboxylic acids is 1. The molecule has 3 aromatic rings. The van der Waals surface area contributed by atoms with Crippen LogP contribution in [-0.2, 0) is 6.54 Å². The monoisotopic (exact) mass is 349 g/mol. The molecule has 0 fully saturated rings. The first-order chi connectivity index (χ1) is 12.3. The zero-order valence-electron chi connectivity index (χ0n) is 16.0. The van der Waals surface area contributed by atoms with Crippen molar-refractivity contribution >= 4 is 22.6 Å². The van der Waals surface area contributed by atoms with Gasteiger partial charge in [0.05, 0.1) is 16.7 Å². The van der Waals surface area contributed by atoms with E-state index in [1.54, 1.807) is 14.1 Å². The van der Waals surface area contributed by atoms with E-state index in [1.807, 2.05) is 13.0 Å². The minimum Gasteiger partial charge on any atom is -0.379 e. The average molecular weight is 349 g/mol. The quantitative estimate of drug-likeness (QED) is 0.749. The van der Waals surface area contributed by atoms with Crippen LogP contribution in [0.25, 0.3) is 11.0 Å². The van der Waals surface area contributed by atoms with Crippen LogP contribution in [0.5, 0.6) is 0 Å². The Balaban J connectivity index is 2.06. The Kier molecular flexibility index (Phi) is 4.72. The molecular formula is C21H25N4O. The molecule has 26 heavy (non-hydrogen) atoms. The SMILES string of the molecule is [CH2]c1c(C)[nH]c2c(NCc3c(C)cccc3C)cc(C(=O)N(C)C)nc12. The Morgan fingerprint density at radius 2 is 1.88 bits per heavy atom. The van der Waals surface area contributed by atoms with Crippen LogP contribution in [0, 0.1) is 27.7 Å². The number of hydrogen-bond donors (Lipinski definition) is 2. The number of benzene rings is 1. The van der Waals surface area contributed by atoms with Crippen LogP contribution in [0.1, 0.15) is 38.4 Å². The Labute approximate surface area is 154 Å². The summed E-state index contributed by atoms with van der Waals surface area (Å²) in [5.41, 5.74) is 8.42. The van der Waals surface area contributed by atoms with Gasteiger partial charge in [-0.2, -0.15) is 0 Å². The second kappa shape index (κ2) is 6.83. The first kappa shape index (κ1) is 18.0. The van der Waals surface area contributed by atoms with Crippen LogP contribution in [0.15, 0.2) is 24.3 Å². The number of fused-ring (bicyclic) bond motifs is 1. The molecule has 2 aromatic heterocycles. The van der Waals surface area contributed by atoms with Crippen molar-refractivity contribution in [3.63, 3.8) is 0 Å². The normalized spacial score (nSPS) is 11.0. The zero-order chi connectivity index (χ0) is 19.0. The fourth-order valence-electron chi connectivity index (χ4n) is 3.12. The Morgan fingerprint density at radius 3 is 2.50 bits per heavy atom. The lowest BCUT2D eigenvalue weighted by Gasteiger charge is -2.15. The highest BCUT2D eigenvalue weighted by Crippen LogP contribution is 2.28. The molecular weight excluding hydrogens is 324 g/mol. The Hall–Kier alpha value is -2.82. The van der Waals surface area contributed by atoms with Gasteiger partial charge in [-0.15, -0.1) is 0 Å². The lowest BCUT2D eigenvalue weighted by molar-refractivity contribution is 0.0822. The molecule has 0 bridgehead atoms. The molecule has 1 radical (unpaired) electrons. The number of nitrogens with zero attached hydrogens (tertiary/aromatic N) is 2. The van der Waals surface area contributed by atoms with Crippen molar-refractivity contribution in [2.45, 2.75) is 27.3 Å². The highest BCUT2D eigenvalue weighted by molar-refractivity contribution is 6.00. The van der Waals surface area contributed by atoms with Crippen LogP contribution < -0.4 is 5.32 Å². The van der Waals surface area contributed by atoms with E-state index in [0.29, 0.717) is 12.2 Å². The first-order valence-corrected chi connectivity index (χ1v) is 8.65. The van der Waals surface area contributed by atoms with Gasteiger partial charge in [0.2, 0.25) is 0 Å². The summed E-state index contributed by atoms with van der Waals surface area (Å²) < 4.78 is 0. The molecule has 5 nitrogen and oxygen atoms in total. The first-order valence-electron chi connectivity index (χ1n) is 8.65. The van der Waals surface area contributed by atoms with Crippen molar-refractivity contribution in [3.8, 4) is 0 Å². The van der Waals surface area contributed by atoms with Crippen LogP contribution in [0.3, 0.4) is 0 Å². The molecule has 0 aliphatic rings. The maximum absolute atomic E-state index is 12.4. The minimum absolute atomic E-state index is 0.125. The van der Waals surface area contributed by atoms with Gasteiger partial charge in [-0.05, 0) is 56.0 Å². The molecule has 1 amide bonds. The van der Waals surface area contributed by atoms with Crippen molar-refractivity contribution in [1.82, 2.24) is 14.9 Å². The third-order valence-electron chi connectivity index (χ3n) is 4.80. The van der Waals surface area contributed by atoms with Gasteiger partial charge >= 0.3 is 0 Å². The number of aromatic amines is 1. The van der Waals surface area contributed by atoms with Crippen molar-refractivity contribution in [2.75, 3.05) is 19.4 Å². The van der Waals surface area contributed by atoms with E-state index in [0.717, 1.165) is 28.0 Å². The summed E-state index contributed by atoms with van der Waals surface area (Å²) in [5.74, 6) is -0.125. The molecule has 1 aromatic carbocycles. The smallest absolute Gasteiger partial charge is 0.272 e. The van der Waals surface area contributed by atoms with Crippen LogP contribution in [0.2, 0.25) is 0 Å². The van der Waals surface area contributed by atoms with Gasteiger partial charge in [0.25, 0.3) is 5.91 Å². The van der Waals surface area contributed by atoms with E-state index in [9.17, 15) is 4.79 Å². The van der Waals surface area contributed by atoms with E-state index in [4.69, 9.17) is 0 Å². The minimum atomic E-state index is -0.125. The summed E-state index contributed by atoms with van der Waals surface area (Å²) >= 11 is 0. The number of amides is 1. The summed E-state index contributed by atoms with van der Waals surface area (Å²) in [5, 5.41) is 3.49. The number of H-pyrrole nitrogens is 1. The molecule has 0 aliphatic carbocycles.